The molecule has 1 N–H and O–H groups in total. The van der Waals surface area contributed by atoms with E-state index in [1.807, 2.05) is 60.4 Å². The standard InChI is InChI=1S/C29H37Cl2NO3/c1-18(2)9-14-25(19(3)4)32-27(20-10-12-22(30)13-11-20)24(21-7-6-8-23(31)15-21)16-29(5,28(32)35)17-26(33)34/h6-8,10-13,15,18-19,24-25,27H,9,14,16-17H2,1-5H3,(H,33,34)/t24?,25-,27-,29-/m1/s1. The number of halogens is 2. The molecule has 1 aliphatic rings. The Bertz CT molecular complexity index is 1040. The summed E-state index contributed by atoms with van der Waals surface area (Å²) in [5.41, 5.74) is 0.991. The predicted molar refractivity (Wildman–Crippen MR) is 143 cm³/mol. The van der Waals surface area contributed by atoms with Crippen molar-refractivity contribution in [3.8, 4) is 0 Å². The average molecular weight is 519 g/mol. The fourth-order valence-corrected chi connectivity index (χ4v) is 5.87. The van der Waals surface area contributed by atoms with Gasteiger partial charge in [0.25, 0.3) is 0 Å². The molecule has 0 aliphatic carbocycles. The van der Waals surface area contributed by atoms with E-state index in [4.69, 9.17) is 23.2 Å². The Kier molecular flexibility index (Phi) is 8.93. The van der Waals surface area contributed by atoms with Gasteiger partial charge in [0.15, 0.2) is 0 Å². The minimum Gasteiger partial charge on any atom is -0.481 e. The van der Waals surface area contributed by atoms with Crippen molar-refractivity contribution in [3.63, 3.8) is 0 Å². The zero-order valence-corrected chi connectivity index (χ0v) is 22.8. The van der Waals surface area contributed by atoms with E-state index in [9.17, 15) is 14.7 Å². The Morgan fingerprint density at radius 1 is 1.03 bits per heavy atom. The van der Waals surface area contributed by atoms with Gasteiger partial charge in [0.2, 0.25) is 5.91 Å². The number of carboxylic acids is 1. The quantitative estimate of drug-likeness (QED) is 0.366. The Balaban J connectivity index is 2.24. The number of hydrogen-bond acceptors (Lipinski definition) is 2. The van der Waals surface area contributed by atoms with Crippen molar-refractivity contribution in [1.82, 2.24) is 4.90 Å². The molecule has 1 unspecified atom stereocenters. The van der Waals surface area contributed by atoms with Gasteiger partial charge in [-0.2, -0.15) is 0 Å². The maximum Gasteiger partial charge on any atom is 0.304 e. The lowest BCUT2D eigenvalue weighted by molar-refractivity contribution is -0.162. The maximum atomic E-state index is 14.3. The van der Waals surface area contributed by atoms with Crippen LogP contribution in [0.15, 0.2) is 48.5 Å². The van der Waals surface area contributed by atoms with Crippen LogP contribution in [0.5, 0.6) is 0 Å². The van der Waals surface area contributed by atoms with Crippen molar-refractivity contribution >= 4 is 35.1 Å². The molecule has 35 heavy (non-hydrogen) atoms. The first-order chi connectivity index (χ1) is 16.4. The molecule has 0 saturated carbocycles. The van der Waals surface area contributed by atoms with Crippen LogP contribution in [-0.2, 0) is 9.59 Å². The molecule has 0 radical (unpaired) electrons. The van der Waals surface area contributed by atoms with Gasteiger partial charge < -0.3 is 10.0 Å². The highest BCUT2D eigenvalue weighted by Gasteiger charge is 2.52. The van der Waals surface area contributed by atoms with E-state index < -0.39 is 11.4 Å². The van der Waals surface area contributed by atoms with Crippen molar-refractivity contribution in [1.29, 1.82) is 0 Å². The number of aliphatic carboxylic acids is 1. The molecule has 0 spiro atoms. The second-order valence-corrected chi connectivity index (χ2v) is 11.9. The Morgan fingerprint density at radius 2 is 1.69 bits per heavy atom. The van der Waals surface area contributed by atoms with Crippen LogP contribution in [0.1, 0.15) is 83.4 Å². The SMILES string of the molecule is CC(C)CC[C@H](C(C)C)N1C(=O)[C@@](C)(CC(=O)O)CC(c2cccc(Cl)c2)[C@H]1c1ccc(Cl)cc1. The molecule has 0 aromatic heterocycles. The molecule has 1 aliphatic heterocycles. The molecule has 1 fully saturated rings. The van der Waals surface area contributed by atoms with Crippen molar-refractivity contribution in [2.75, 3.05) is 0 Å². The monoisotopic (exact) mass is 517 g/mol. The van der Waals surface area contributed by atoms with Crippen molar-refractivity contribution in [3.05, 3.63) is 69.7 Å². The molecule has 6 heteroatoms. The fourth-order valence-electron chi connectivity index (χ4n) is 5.54. The van der Waals surface area contributed by atoms with E-state index in [1.165, 1.54) is 0 Å². The number of piperidine rings is 1. The van der Waals surface area contributed by atoms with Crippen LogP contribution in [0, 0.1) is 17.3 Å². The van der Waals surface area contributed by atoms with Gasteiger partial charge in [-0.15, -0.1) is 0 Å². The molecule has 3 rings (SSSR count). The number of benzene rings is 2. The highest BCUT2D eigenvalue weighted by molar-refractivity contribution is 6.30. The average Bonchev–Trinajstić information content (AvgIpc) is 2.76. The third-order valence-corrected chi connectivity index (χ3v) is 7.79. The normalized spacial score (nSPS) is 23.7. The molecule has 4 atom stereocenters. The van der Waals surface area contributed by atoms with Crippen molar-refractivity contribution < 1.29 is 14.7 Å². The van der Waals surface area contributed by atoms with Crippen LogP contribution in [-0.4, -0.2) is 27.9 Å². The number of carbonyl (C=O) groups is 2. The highest BCUT2D eigenvalue weighted by atomic mass is 35.5. The van der Waals surface area contributed by atoms with E-state index in [-0.39, 0.29) is 36.2 Å². The van der Waals surface area contributed by atoms with Gasteiger partial charge in [0.05, 0.1) is 17.9 Å². The molecule has 190 valence electrons. The summed E-state index contributed by atoms with van der Waals surface area (Å²) in [4.78, 5) is 28.2. The van der Waals surface area contributed by atoms with Crippen molar-refractivity contribution in [2.45, 2.75) is 78.3 Å². The number of rotatable bonds is 9. The minimum atomic E-state index is -1.02. The Morgan fingerprint density at radius 3 is 2.23 bits per heavy atom. The van der Waals surface area contributed by atoms with Gasteiger partial charge in [-0.05, 0) is 66.5 Å². The van der Waals surface area contributed by atoms with Crippen LogP contribution >= 0.6 is 23.2 Å². The summed E-state index contributed by atoms with van der Waals surface area (Å²) in [5.74, 6) is -0.449. The van der Waals surface area contributed by atoms with Gasteiger partial charge in [-0.25, -0.2) is 0 Å². The predicted octanol–water partition coefficient (Wildman–Crippen LogP) is 7.99. The van der Waals surface area contributed by atoms with E-state index >= 15 is 0 Å². The summed E-state index contributed by atoms with van der Waals surface area (Å²) in [6.45, 7) is 10.5. The topological polar surface area (TPSA) is 57.6 Å². The van der Waals surface area contributed by atoms with Crippen molar-refractivity contribution in [2.24, 2.45) is 17.3 Å². The lowest BCUT2D eigenvalue weighted by Crippen LogP contribution is -2.57. The Labute approximate surface area is 219 Å². The van der Waals surface area contributed by atoms with E-state index in [0.29, 0.717) is 22.4 Å². The minimum absolute atomic E-state index is 0.0271. The number of likely N-dealkylation sites (tertiary alicyclic amines) is 1. The lowest BCUT2D eigenvalue weighted by atomic mass is 9.66. The lowest BCUT2D eigenvalue weighted by Gasteiger charge is -2.53. The second kappa shape index (κ2) is 11.3. The summed E-state index contributed by atoms with van der Waals surface area (Å²) in [7, 11) is 0. The summed E-state index contributed by atoms with van der Waals surface area (Å²) in [6.07, 6.45) is 2.06. The third-order valence-electron chi connectivity index (χ3n) is 7.30. The van der Waals surface area contributed by atoms with Crippen LogP contribution in [0.4, 0.5) is 0 Å². The molecule has 1 heterocycles. The molecular formula is C29H37Cl2NO3. The van der Waals surface area contributed by atoms with Gasteiger partial charge in [-0.1, -0.05) is 82.1 Å². The van der Waals surface area contributed by atoms with Gasteiger partial charge >= 0.3 is 5.97 Å². The smallest absolute Gasteiger partial charge is 0.304 e. The van der Waals surface area contributed by atoms with E-state index in [1.54, 1.807) is 0 Å². The van der Waals surface area contributed by atoms with Crippen LogP contribution < -0.4 is 0 Å². The molecule has 2 aromatic carbocycles. The summed E-state index contributed by atoms with van der Waals surface area (Å²) < 4.78 is 0. The molecule has 4 nitrogen and oxygen atoms in total. The first-order valence-electron chi connectivity index (χ1n) is 12.5. The molecule has 1 saturated heterocycles. The van der Waals surface area contributed by atoms with Gasteiger partial charge in [0, 0.05) is 22.0 Å². The first kappa shape index (κ1) is 27.5. The van der Waals surface area contributed by atoms with Crippen LogP contribution in [0.2, 0.25) is 10.0 Å². The zero-order chi connectivity index (χ0) is 25.9. The number of hydrogen-bond donors (Lipinski definition) is 1. The van der Waals surface area contributed by atoms with Gasteiger partial charge in [0.1, 0.15) is 0 Å². The number of carbonyl (C=O) groups excluding carboxylic acids is 1. The summed E-state index contributed by atoms with van der Waals surface area (Å²) >= 11 is 12.6. The Hall–Kier alpha value is -2.04. The number of nitrogens with zero attached hydrogens (tertiary/aromatic N) is 1. The number of carboxylic acid groups (broad SMARTS) is 1. The van der Waals surface area contributed by atoms with Crippen LogP contribution in [0.25, 0.3) is 0 Å². The maximum absolute atomic E-state index is 14.3. The summed E-state index contributed by atoms with van der Waals surface area (Å²) in [6, 6.07) is 15.2. The number of amides is 1. The van der Waals surface area contributed by atoms with E-state index in [2.05, 4.69) is 27.7 Å². The third kappa shape index (κ3) is 6.40. The zero-order valence-electron chi connectivity index (χ0n) is 21.3. The molecular weight excluding hydrogens is 481 g/mol. The molecule has 2 aromatic rings. The van der Waals surface area contributed by atoms with Crippen LogP contribution in [0.3, 0.4) is 0 Å². The largest absolute Gasteiger partial charge is 0.481 e. The van der Waals surface area contributed by atoms with Gasteiger partial charge in [-0.3, -0.25) is 9.59 Å². The molecule has 1 amide bonds. The second-order valence-electron chi connectivity index (χ2n) is 11.0. The highest BCUT2D eigenvalue weighted by Crippen LogP contribution is 2.52. The molecule has 0 bridgehead atoms. The fraction of sp³-hybridized carbons (Fsp3) is 0.517. The summed E-state index contributed by atoms with van der Waals surface area (Å²) in [5, 5.41) is 11.0. The first-order valence-corrected chi connectivity index (χ1v) is 13.2. The van der Waals surface area contributed by atoms with E-state index in [0.717, 1.165) is 24.0 Å².